The van der Waals surface area contributed by atoms with Crippen LogP contribution in [0.25, 0.3) is 11.0 Å². The fourth-order valence-electron chi connectivity index (χ4n) is 2.34. The van der Waals surface area contributed by atoms with E-state index in [1.54, 1.807) is 6.07 Å². The van der Waals surface area contributed by atoms with E-state index >= 15 is 0 Å². The zero-order chi connectivity index (χ0) is 14.8. The first kappa shape index (κ1) is 14.0. The molecule has 3 rings (SSSR count). The lowest BCUT2D eigenvalue weighted by Crippen LogP contribution is -2.04. The van der Waals surface area contributed by atoms with Crippen LogP contribution in [0.15, 0.2) is 23.4 Å². The molecular weight excluding hydrogens is 286 g/mol. The summed E-state index contributed by atoms with van der Waals surface area (Å²) in [4.78, 5) is 15.3. The van der Waals surface area contributed by atoms with E-state index in [-0.39, 0.29) is 5.75 Å². The zero-order valence-corrected chi connectivity index (χ0v) is 12.3. The molecule has 0 aliphatic heterocycles. The Bertz CT molecular complexity index is 728. The summed E-state index contributed by atoms with van der Waals surface area (Å²) in [5.74, 6) is -0.0601. The number of fused-ring (bicyclic) bond motifs is 1. The molecule has 0 radical (unpaired) electrons. The average molecular weight is 301 g/mol. The van der Waals surface area contributed by atoms with Crippen molar-refractivity contribution in [1.29, 1.82) is 5.26 Å². The molecule has 1 aliphatic rings. The summed E-state index contributed by atoms with van der Waals surface area (Å²) in [6, 6.07) is 7.54. The van der Waals surface area contributed by atoms with Gasteiger partial charge in [-0.25, -0.2) is 4.98 Å². The van der Waals surface area contributed by atoms with Gasteiger partial charge in [-0.2, -0.15) is 5.26 Å². The Labute approximate surface area is 126 Å². The lowest BCUT2D eigenvalue weighted by molar-refractivity contribution is -0.133. The highest BCUT2D eigenvalue weighted by atomic mass is 32.2. The molecule has 0 atom stereocenters. The van der Waals surface area contributed by atoms with Gasteiger partial charge >= 0.3 is 5.97 Å². The number of carboxylic acids is 1. The van der Waals surface area contributed by atoms with Gasteiger partial charge in [-0.1, -0.05) is 24.6 Å². The first-order valence-corrected chi connectivity index (χ1v) is 7.91. The number of hydrogen-bond acceptors (Lipinski definition) is 4. The van der Waals surface area contributed by atoms with E-state index in [4.69, 9.17) is 10.4 Å². The smallest absolute Gasteiger partial charge is 0.313 e. The summed E-state index contributed by atoms with van der Waals surface area (Å²) in [7, 11) is 0. The zero-order valence-electron chi connectivity index (χ0n) is 11.5. The fraction of sp³-hybridized carbons (Fsp3) is 0.400. The number of carboxylic acid groups (broad SMARTS) is 1. The average Bonchev–Trinajstić information content (AvgIpc) is 3.23. The highest BCUT2D eigenvalue weighted by Crippen LogP contribution is 2.34. The van der Waals surface area contributed by atoms with E-state index in [9.17, 15) is 4.79 Å². The SMILES string of the molecule is N#Cc1ccc2nc(SCC(=O)O)n(CCC3CC3)c2c1. The van der Waals surface area contributed by atoms with Gasteiger partial charge in [-0.15, -0.1) is 0 Å². The van der Waals surface area contributed by atoms with Crippen LogP contribution in [-0.4, -0.2) is 26.4 Å². The lowest BCUT2D eigenvalue weighted by Gasteiger charge is -2.07. The second kappa shape index (κ2) is 5.78. The summed E-state index contributed by atoms with van der Waals surface area (Å²) in [5.41, 5.74) is 2.34. The number of imidazole rings is 1. The summed E-state index contributed by atoms with van der Waals surface area (Å²) < 4.78 is 2.06. The Balaban J connectivity index is 1.95. The normalized spacial score (nSPS) is 14.2. The molecule has 108 valence electrons. The third kappa shape index (κ3) is 3.19. The molecule has 1 N–H and O–H groups in total. The van der Waals surface area contributed by atoms with E-state index < -0.39 is 5.97 Å². The summed E-state index contributed by atoms with van der Waals surface area (Å²) in [5, 5.41) is 18.6. The minimum absolute atomic E-state index is 0.00213. The van der Waals surface area contributed by atoms with Gasteiger partial charge in [0, 0.05) is 6.54 Å². The number of benzene rings is 1. The predicted octanol–water partition coefficient (Wildman–Crippen LogP) is 2.88. The molecule has 5 nitrogen and oxygen atoms in total. The molecule has 0 unspecified atom stereocenters. The molecule has 1 aromatic heterocycles. The van der Waals surface area contributed by atoms with Gasteiger partial charge < -0.3 is 9.67 Å². The van der Waals surface area contributed by atoms with Crippen LogP contribution in [0.1, 0.15) is 24.8 Å². The second-order valence-corrected chi connectivity index (χ2v) is 6.22. The Morgan fingerprint density at radius 3 is 3.00 bits per heavy atom. The van der Waals surface area contributed by atoms with Crippen molar-refractivity contribution in [2.24, 2.45) is 5.92 Å². The number of aryl methyl sites for hydroxylation is 1. The number of aliphatic carboxylic acids is 1. The number of thioether (sulfide) groups is 1. The Morgan fingerprint density at radius 1 is 1.52 bits per heavy atom. The molecule has 1 saturated carbocycles. The van der Waals surface area contributed by atoms with E-state index in [0.29, 0.717) is 5.56 Å². The first-order chi connectivity index (χ1) is 10.2. The fourth-order valence-corrected chi connectivity index (χ4v) is 3.10. The van der Waals surface area contributed by atoms with Crippen LogP contribution in [0.4, 0.5) is 0 Å². The molecule has 0 saturated heterocycles. The van der Waals surface area contributed by atoms with Crippen LogP contribution in [0, 0.1) is 17.2 Å². The maximum atomic E-state index is 10.8. The number of aromatic nitrogens is 2. The summed E-state index contributed by atoms with van der Waals surface area (Å²) in [6.07, 6.45) is 3.66. The quantitative estimate of drug-likeness (QED) is 0.830. The van der Waals surface area contributed by atoms with Crippen molar-refractivity contribution in [1.82, 2.24) is 9.55 Å². The number of rotatable bonds is 6. The van der Waals surface area contributed by atoms with Crippen LogP contribution >= 0.6 is 11.8 Å². The second-order valence-electron chi connectivity index (χ2n) is 5.28. The Hall–Kier alpha value is -2.00. The van der Waals surface area contributed by atoms with E-state index in [1.807, 2.05) is 12.1 Å². The van der Waals surface area contributed by atoms with Crippen LogP contribution in [0.5, 0.6) is 0 Å². The van der Waals surface area contributed by atoms with E-state index in [0.717, 1.165) is 35.1 Å². The number of nitrogens with zero attached hydrogens (tertiary/aromatic N) is 3. The molecule has 1 fully saturated rings. The molecule has 6 heteroatoms. The van der Waals surface area contributed by atoms with Crippen molar-refractivity contribution >= 4 is 28.8 Å². The number of hydrogen-bond donors (Lipinski definition) is 1. The lowest BCUT2D eigenvalue weighted by atomic mass is 10.2. The molecule has 0 amide bonds. The minimum atomic E-state index is -0.849. The van der Waals surface area contributed by atoms with Crippen LogP contribution in [0.2, 0.25) is 0 Å². The van der Waals surface area contributed by atoms with Gasteiger partial charge in [0.15, 0.2) is 5.16 Å². The third-order valence-corrected chi connectivity index (χ3v) is 4.59. The Morgan fingerprint density at radius 2 is 2.33 bits per heavy atom. The van der Waals surface area contributed by atoms with Crippen molar-refractivity contribution in [3.8, 4) is 6.07 Å². The van der Waals surface area contributed by atoms with Gasteiger partial charge in [-0.3, -0.25) is 4.79 Å². The van der Waals surface area contributed by atoms with Crippen molar-refractivity contribution in [2.75, 3.05) is 5.75 Å². The molecular formula is C15H15N3O2S. The van der Waals surface area contributed by atoms with Crippen molar-refractivity contribution in [3.05, 3.63) is 23.8 Å². The number of carbonyl (C=O) groups is 1. The molecule has 0 spiro atoms. The van der Waals surface area contributed by atoms with Crippen molar-refractivity contribution in [2.45, 2.75) is 31.0 Å². The third-order valence-electron chi connectivity index (χ3n) is 3.62. The molecule has 1 aromatic carbocycles. The van der Waals surface area contributed by atoms with E-state index in [2.05, 4.69) is 15.6 Å². The van der Waals surface area contributed by atoms with E-state index in [1.165, 1.54) is 24.6 Å². The predicted molar refractivity (Wildman–Crippen MR) is 80.1 cm³/mol. The topological polar surface area (TPSA) is 78.9 Å². The minimum Gasteiger partial charge on any atom is -0.481 e. The van der Waals surface area contributed by atoms with Gasteiger partial charge in [0.25, 0.3) is 0 Å². The molecule has 1 heterocycles. The highest BCUT2D eigenvalue weighted by Gasteiger charge is 2.22. The van der Waals surface area contributed by atoms with Gasteiger partial charge in [0.1, 0.15) is 0 Å². The van der Waals surface area contributed by atoms with Gasteiger partial charge in [0.2, 0.25) is 0 Å². The van der Waals surface area contributed by atoms with Crippen LogP contribution in [-0.2, 0) is 11.3 Å². The van der Waals surface area contributed by atoms with Gasteiger partial charge in [0.05, 0.1) is 28.4 Å². The molecule has 1 aliphatic carbocycles. The molecule has 0 bridgehead atoms. The maximum Gasteiger partial charge on any atom is 0.313 e. The largest absolute Gasteiger partial charge is 0.481 e. The number of nitriles is 1. The molecule has 21 heavy (non-hydrogen) atoms. The first-order valence-electron chi connectivity index (χ1n) is 6.92. The van der Waals surface area contributed by atoms with Crippen LogP contribution in [0.3, 0.4) is 0 Å². The highest BCUT2D eigenvalue weighted by molar-refractivity contribution is 7.99. The summed E-state index contributed by atoms with van der Waals surface area (Å²) >= 11 is 1.24. The van der Waals surface area contributed by atoms with Crippen molar-refractivity contribution < 1.29 is 9.90 Å². The Kier molecular flexibility index (Phi) is 3.84. The maximum absolute atomic E-state index is 10.8. The molecule has 2 aromatic rings. The monoisotopic (exact) mass is 301 g/mol. The van der Waals surface area contributed by atoms with Crippen molar-refractivity contribution in [3.63, 3.8) is 0 Å². The van der Waals surface area contributed by atoms with Gasteiger partial charge in [-0.05, 0) is 30.5 Å². The summed E-state index contributed by atoms with van der Waals surface area (Å²) in [6.45, 7) is 0.831. The van der Waals surface area contributed by atoms with Crippen LogP contribution < -0.4 is 0 Å². The standard InChI is InChI=1S/C15H15N3O2S/c16-8-11-3-4-12-13(7-11)18(6-5-10-1-2-10)15(17-12)21-9-14(19)20/h3-4,7,10H,1-2,5-6,9H2,(H,19,20).